The largest absolute Gasteiger partial charge is 0.355 e. The number of amides is 1. The number of halogens is 1. The second-order valence-corrected chi connectivity index (χ2v) is 5.26. The maximum atomic E-state index is 11.7. The van der Waals surface area contributed by atoms with Crippen molar-refractivity contribution >= 4 is 17.5 Å². The maximum absolute atomic E-state index is 11.7. The summed E-state index contributed by atoms with van der Waals surface area (Å²) >= 11 is 5.76. The van der Waals surface area contributed by atoms with Gasteiger partial charge < -0.3 is 5.32 Å². The smallest absolute Gasteiger partial charge is 0.224 e. The number of alkyl halides is 1. The summed E-state index contributed by atoms with van der Waals surface area (Å²) in [6.07, 6.45) is 3.88. The van der Waals surface area contributed by atoms with Crippen LogP contribution >= 0.6 is 11.6 Å². The highest BCUT2D eigenvalue weighted by molar-refractivity contribution is 6.17. The standard InChI is InChI=1S/C14H18ClNO/c15-9-8-14(6-7-14)11-16-13(17)10-12-4-2-1-3-5-12/h1-5H,6-11H2,(H,16,17). The topological polar surface area (TPSA) is 29.1 Å². The minimum Gasteiger partial charge on any atom is -0.355 e. The van der Waals surface area contributed by atoms with Crippen LogP contribution in [-0.4, -0.2) is 18.3 Å². The molecule has 0 heterocycles. The molecule has 1 amide bonds. The minimum absolute atomic E-state index is 0.108. The number of carbonyl (C=O) groups excluding carboxylic acids is 1. The SMILES string of the molecule is O=C(Cc1ccccc1)NCC1(CCCl)CC1. The van der Waals surface area contributed by atoms with Crippen LogP contribution < -0.4 is 5.32 Å². The zero-order chi connectivity index (χ0) is 12.1. The molecule has 2 nitrogen and oxygen atoms in total. The molecule has 1 fully saturated rings. The average molecular weight is 252 g/mol. The molecule has 3 heteroatoms. The van der Waals surface area contributed by atoms with Gasteiger partial charge in [0.2, 0.25) is 5.91 Å². The lowest BCUT2D eigenvalue weighted by atomic mass is 10.0. The molecule has 2 rings (SSSR count). The van der Waals surface area contributed by atoms with E-state index in [-0.39, 0.29) is 5.91 Å². The van der Waals surface area contributed by atoms with E-state index in [0.29, 0.717) is 17.7 Å². The molecule has 1 aromatic rings. The van der Waals surface area contributed by atoms with Crippen molar-refractivity contribution in [3.05, 3.63) is 35.9 Å². The third-order valence-corrected chi connectivity index (χ3v) is 3.64. The van der Waals surface area contributed by atoms with Gasteiger partial charge in [0.1, 0.15) is 0 Å². The Kier molecular flexibility index (Phi) is 4.06. The molecular formula is C14H18ClNO. The number of hydrogen-bond acceptors (Lipinski definition) is 1. The molecule has 0 spiro atoms. The number of carbonyl (C=O) groups is 1. The van der Waals surface area contributed by atoms with Crippen LogP contribution in [0.15, 0.2) is 30.3 Å². The highest BCUT2D eigenvalue weighted by Gasteiger charge is 2.41. The summed E-state index contributed by atoms with van der Waals surface area (Å²) < 4.78 is 0. The molecule has 1 N–H and O–H groups in total. The van der Waals surface area contributed by atoms with Crippen LogP contribution in [0.2, 0.25) is 0 Å². The van der Waals surface area contributed by atoms with Gasteiger partial charge in [0.05, 0.1) is 6.42 Å². The van der Waals surface area contributed by atoms with Gasteiger partial charge in [-0.2, -0.15) is 0 Å². The second-order valence-electron chi connectivity index (χ2n) is 4.88. The molecule has 0 atom stereocenters. The molecule has 0 saturated heterocycles. The first kappa shape index (κ1) is 12.4. The Bertz CT molecular complexity index is 373. The first-order valence-corrected chi connectivity index (χ1v) is 6.64. The van der Waals surface area contributed by atoms with Crippen LogP contribution in [-0.2, 0) is 11.2 Å². The summed E-state index contributed by atoms with van der Waals surface area (Å²) in [7, 11) is 0. The predicted octanol–water partition coefficient (Wildman–Crippen LogP) is 2.75. The van der Waals surface area contributed by atoms with Gasteiger partial charge in [-0.05, 0) is 30.2 Å². The molecule has 1 aromatic carbocycles. The van der Waals surface area contributed by atoms with Crippen LogP contribution in [0.3, 0.4) is 0 Å². The molecule has 1 aliphatic rings. The molecular weight excluding hydrogens is 234 g/mol. The van der Waals surface area contributed by atoms with Crippen LogP contribution in [0.1, 0.15) is 24.8 Å². The van der Waals surface area contributed by atoms with E-state index >= 15 is 0 Å². The third-order valence-electron chi connectivity index (χ3n) is 3.45. The first-order valence-electron chi connectivity index (χ1n) is 6.11. The molecule has 17 heavy (non-hydrogen) atoms. The van der Waals surface area contributed by atoms with E-state index in [4.69, 9.17) is 11.6 Å². The quantitative estimate of drug-likeness (QED) is 0.774. The lowest BCUT2D eigenvalue weighted by Gasteiger charge is -2.14. The molecule has 0 aliphatic heterocycles. The lowest BCUT2D eigenvalue weighted by molar-refractivity contribution is -0.120. The second kappa shape index (κ2) is 5.54. The van der Waals surface area contributed by atoms with E-state index in [9.17, 15) is 4.79 Å². The average Bonchev–Trinajstić information content (AvgIpc) is 3.09. The molecule has 0 unspecified atom stereocenters. The Balaban J connectivity index is 1.75. The lowest BCUT2D eigenvalue weighted by Crippen LogP contribution is -2.31. The van der Waals surface area contributed by atoms with Gasteiger partial charge in [-0.1, -0.05) is 30.3 Å². The van der Waals surface area contributed by atoms with Gasteiger partial charge in [-0.15, -0.1) is 11.6 Å². The van der Waals surface area contributed by atoms with Crippen molar-refractivity contribution in [3.63, 3.8) is 0 Å². The predicted molar refractivity (Wildman–Crippen MR) is 70.2 cm³/mol. The molecule has 1 aliphatic carbocycles. The maximum Gasteiger partial charge on any atom is 0.224 e. The summed E-state index contributed by atoms with van der Waals surface area (Å²) in [6.45, 7) is 0.783. The van der Waals surface area contributed by atoms with E-state index < -0.39 is 0 Å². The Hall–Kier alpha value is -1.02. The van der Waals surface area contributed by atoms with Crippen molar-refractivity contribution in [1.82, 2.24) is 5.32 Å². The number of hydrogen-bond donors (Lipinski definition) is 1. The van der Waals surface area contributed by atoms with E-state index in [1.54, 1.807) is 0 Å². The number of benzene rings is 1. The van der Waals surface area contributed by atoms with E-state index in [0.717, 1.165) is 18.5 Å². The van der Waals surface area contributed by atoms with Gasteiger partial charge in [0.15, 0.2) is 0 Å². The van der Waals surface area contributed by atoms with Crippen LogP contribution in [0, 0.1) is 5.41 Å². The normalized spacial score (nSPS) is 16.5. The fourth-order valence-corrected chi connectivity index (χ4v) is 2.42. The van der Waals surface area contributed by atoms with Crippen molar-refractivity contribution in [3.8, 4) is 0 Å². The van der Waals surface area contributed by atoms with Crippen LogP contribution in [0.5, 0.6) is 0 Å². The highest BCUT2D eigenvalue weighted by atomic mass is 35.5. The summed E-state index contributed by atoms with van der Waals surface area (Å²) in [4.78, 5) is 11.7. The number of nitrogens with one attached hydrogen (secondary N) is 1. The van der Waals surface area contributed by atoms with E-state index in [1.165, 1.54) is 12.8 Å². The zero-order valence-electron chi connectivity index (χ0n) is 9.92. The Morgan fingerprint density at radius 1 is 1.29 bits per heavy atom. The van der Waals surface area contributed by atoms with E-state index in [2.05, 4.69) is 5.32 Å². The summed E-state index contributed by atoms with van der Waals surface area (Å²) in [5, 5.41) is 3.02. The van der Waals surface area contributed by atoms with Crippen molar-refractivity contribution < 1.29 is 4.79 Å². The third kappa shape index (κ3) is 3.74. The molecule has 0 aromatic heterocycles. The summed E-state index contributed by atoms with van der Waals surface area (Å²) in [6, 6.07) is 9.83. The van der Waals surface area contributed by atoms with Gasteiger partial charge in [-0.25, -0.2) is 0 Å². The molecule has 0 bridgehead atoms. The monoisotopic (exact) mass is 251 g/mol. The highest BCUT2D eigenvalue weighted by Crippen LogP contribution is 2.48. The van der Waals surface area contributed by atoms with E-state index in [1.807, 2.05) is 30.3 Å². The van der Waals surface area contributed by atoms with Gasteiger partial charge in [-0.3, -0.25) is 4.79 Å². The van der Waals surface area contributed by atoms with Gasteiger partial charge in [0.25, 0.3) is 0 Å². The van der Waals surface area contributed by atoms with Gasteiger partial charge in [0, 0.05) is 12.4 Å². The zero-order valence-corrected chi connectivity index (χ0v) is 10.7. The van der Waals surface area contributed by atoms with Crippen molar-refractivity contribution in [2.24, 2.45) is 5.41 Å². The first-order chi connectivity index (χ1) is 8.24. The Labute approximate surface area is 107 Å². The molecule has 0 radical (unpaired) electrons. The summed E-state index contributed by atoms with van der Waals surface area (Å²) in [5.41, 5.74) is 1.38. The number of rotatable bonds is 6. The minimum atomic E-state index is 0.108. The fourth-order valence-electron chi connectivity index (χ4n) is 2.02. The van der Waals surface area contributed by atoms with Crippen molar-refractivity contribution in [2.75, 3.05) is 12.4 Å². The Morgan fingerprint density at radius 3 is 2.59 bits per heavy atom. The molecule has 92 valence electrons. The molecule has 1 saturated carbocycles. The van der Waals surface area contributed by atoms with Gasteiger partial charge >= 0.3 is 0 Å². The fraction of sp³-hybridized carbons (Fsp3) is 0.500. The summed E-state index contributed by atoms with van der Waals surface area (Å²) in [5.74, 6) is 0.797. The van der Waals surface area contributed by atoms with Crippen molar-refractivity contribution in [1.29, 1.82) is 0 Å². The Morgan fingerprint density at radius 2 is 2.00 bits per heavy atom. The van der Waals surface area contributed by atoms with Crippen LogP contribution in [0.4, 0.5) is 0 Å². The van der Waals surface area contributed by atoms with Crippen LogP contribution in [0.25, 0.3) is 0 Å². The van der Waals surface area contributed by atoms with Crippen molar-refractivity contribution in [2.45, 2.75) is 25.7 Å².